The molecule has 1 aromatic carbocycles. The first-order valence-electron chi connectivity index (χ1n) is 5.28. The van der Waals surface area contributed by atoms with Gasteiger partial charge >= 0.3 is 5.97 Å². The lowest BCUT2D eigenvalue weighted by molar-refractivity contribution is 0.0691. The number of ether oxygens (including phenoxy) is 1. The largest absolute Gasteiger partial charge is 0.485 e. The third-order valence-corrected chi connectivity index (χ3v) is 2.39. The maximum atomic E-state index is 11.2. The first-order chi connectivity index (χ1) is 9.09. The van der Waals surface area contributed by atoms with Gasteiger partial charge in [-0.1, -0.05) is 17.3 Å². The smallest absolute Gasteiger partial charge is 0.341 e. The second-order valence-corrected chi connectivity index (χ2v) is 3.62. The molecule has 0 unspecified atom stereocenters. The zero-order valence-corrected chi connectivity index (χ0v) is 9.70. The van der Waals surface area contributed by atoms with E-state index in [-0.39, 0.29) is 29.2 Å². The second-order valence-electron chi connectivity index (χ2n) is 3.62. The summed E-state index contributed by atoms with van der Waals surface area (Å²) in [6.07, 6.45) is 1.08. The average molecular weight is 262 g/mol. The van der Waals surface area contributed by atoms with Crippen LogP contribution in [0.5, 0.6) is 5.75 Å². The highest BCUT2D eigenvalue weighted by Gasteiger charge is 2.16. The summed E-state index contributed by atoms with van der Waals surface area (Å²) in [5.74, 6) is -1.48. The maximum Gasteiger partial charge on any atom is 0.341 e. The van der Waals surface area contributed by atoms with Crippen molar-refractivity contribution in [1.29, 1.82) is 0 Å². The fraction of sp³-hybridized carbons (Fsp3) is 0.0833. The van der Waals surface area contributed by atoms with Gasteiger partial charge in [-0.2, -0.15) is 0 Å². The van der Waals surface area contributed by atoms with Crippen molar-refractivity contribution in [2.75, 3.05) is 0 Å². The van der Waals surface area contributed by atoms with Gasteiger partial charge in [-0.15, -0.1) is 0 Å². The molecule has 0 aliphatic heterocycles. The van der Waals surface area contributed by atoms with Crippen LogP contribution in [0.2, 0.25) is 0 Å². The number of carboxylic acids is 1. The SMILES string of the molecule is NC(=O)c1ccccc1OCc1oncc1C(=O)O. The van der Waals surface area contributed by atoms with E-state index in [2.05, 4.69) is 5.16 Å². The van der Waals surface area contributed by atoms with Gasteiger partial charge in [0.2, 0.25) is 0 Å². The lowest BCUT2D eigenvalue weighted by atomic mass is 10.2. The molecule has 0 radical (unpaired) electrons. The molecule has 1 amide bonds. The van der Waals surface area contributed by atoms with Crippen LogP contribution in [0.1, 0.15) is 26.5 Å². The van der Waals surface area contributed by atoms with Crippen LogP contribution >= 0.6 is 0 Å². The molecule has 2 aromatic rings. The monoisotopic (exact) mass is 262 g/mol. The predicted octanol–water partition coefficient (Wildman–Crippen LogP) is 1.05. The number of para-hydroxylation sites is 1. The molecule has 1 aromatic heterocycles. The van der Waals surface area contributed by atoms with Crippen molar-refractivity contribution in [2.24, 2.45) is 5.73 Å². The molecule has 7 nitrogen and oxygen atoms in total. The Bertz CT molecular complexity index is 620. The number of nitrogens with zero attached hydrogens (tertiary/aromatic N) is 1. The Labute approximate surface area is 107 Å². The molecule has 0 fully saturated rings. The van der Waals surface area contributed by atoms with Crippen molar-refractivity contribution >= 4 is 11.9 Å². The van der Waals surface area contributed by atoms with Gasteiger partial charge in [0, 0.05) is 0 Å². The highest BCUT2D eigenvalue weighted by atomic mass is 16.5. The molecule has 0 aliphatic carbocycles. The number of aromatic nitrogens is 1. The van der Waals surface area contributed by atoms with E-state index in [1.165, 1.54) is 6.07 Å². The van der Waals surface area contributed by atoms with Crippen LogP contribution < -0.4 is 10.5 Å². The Morgan fingerprint density at radius 2 is 2.05 bits per heavy atom. The van der Waals surface area contributed by atoms with Crippen molar-refractivity contribution in [1.82, 2.24) is 5.16 Å². The minimum atomic E-state index is -1.16. The summed E-state index contributed by atoms with van der Waals surface area (Å²) in [5, 5.41) is 12.3. The van der Waals surface area contributed by atoms with Gasteiger partial charge in [0.1, 0.15) is 17.9 Å². The van der Waals surface area contributed by atoms with Gasteiger partial charge in [-0.05, 0) is 12.1 Å². The number of hydrogen-bond acceptors (Lipinski definition) is 5. The predicted molar refractivity (Wildman–Crippen MR) is 62.8 cm³/mol. The Hall–Kier alpha value is -2.83. The maximum absolute atomic E-state index is 11.2. The lowest BCUT2D eigenvalue weighted by Crippen LogP contribution is -2.13. The summed E-state index contributed by atoms with van der Waals surface area (Å²) in [6.45, 7) is -0.161. The molecule has 0 saturated heterocycles. The number of carbonyl (C=O) groups is 2. The summed E-state index contributed by atoms with van der Waals surface area (Å²) in [5.41, 5.74) is 5.31. The fourth-order valence-corrected chi connectivity index (χ4v) is 1.48. The molecule has 19 heavy (non-hydrogen) atoms. The topological polar surface area (TPSA) is 116 Å². The van der Waals surface area contributed by atoms with Gasteiger partial charge in [-0.25, -0.2) is 4.79 Å². The van der Waals surface area contributed by atoms with Gasteiger partial charge < -0.3 is 20.1 Å². The number of carboxylic acid groups (broad SMARTS) is 1. The second kappa shape index (κ2) is 5.21. The molecule has 3 N–H and O–H groups in total. The number of carbonyl (C=O) groups excluding carboxylic acids is 1. The van der Waals surface area contributed by atoms with Crippen molar-refractivity contribution in [3.05, 3.63) is 47.3 Å². The molecule has 0 bridgehead atoms. The summed E-state index contributed by atoms with van der Waals surface area (Å²) >= 11 is 0. The van der Waals surface area contributed by atoms with Gasteiger partial charge in [0.15, 0.2) is 5.76 Å². The number of benzene rings is 1. The number of amides is 1. The Morgan fingerprint density at radius 1 is 1.32 bits per heavy atom. The normalized spacial score (nSPS) is 10.1. The molecular weight excluding hydrogens is 252 g/mol. The van der Waals surface area contributed by atoms with E-state index in [1.54, 1.807) is 18.2 Å². The molecule has 7 heteroatoms. The van der Waals surface area contributed by atoms with Crippen molar-refractivity contribution in [2.45, 2.75) is 6.61 Å². The van der Waals surface area contributed by atoms with Gasteiger partial charge in [-0.3, -0.25) is 4.79 Å². The van der Waals surface area contributed by atoms with Crippen LogP contribution in [-0.4, -0.2) is 22.1 Å². The minimum Gasteiger partial charge on any atom is -0.485 e. The van der Waals surface area contributed by atoms with Crippen LogP contribution in [0.25, 0.3) is 0 Å². The quantitative estimate of drug-likeness (QED) is 0.832. The summed E-state index contributed by atoms with van der Waals surface area (Å²) in [6, 6.07) is 6.37. The van der Waals surface area contributed by atoms with Crippen LogP contribution in [-0.2, 0) is 6.61 Å². The Kier molecular flexibility index (Phi) is 3.46. The number of hydrogen-bond donors (Lipinski definition) is 2. The van der Waals surface area contributed by atoms with E-state index in [0.29, 0.717) is 0 Å². The van der Waals surface area contributed by atoms with E-state index >= 15 is 0 Å². The van der Waals surface area contributed by atoms with E-state index in [1.807, 2.05) is 0 Å². The van der Waals surface area contributed by atoms with E-state index in [0.717, 1.165) is 6.20 Å². The highest BCUT2D eigenvalue weighted by molar-refractivity contribution is 5.95. The molecule has 98 valence electrons. The molecular formula is C12H10N2O5. The van der Waals surface area contributed by atoms with Crippen molar-refractivity contribution in [3.63, 3.8) is 0 Å². The average Bonchev–Trinajstić information content (AvgIpc) is 2.85. The molecule has 0 aliphatic rings. The highest BCUT2D eigenvalue weighted by Crippen LogP contribution is 2.19. The van der Waals surface area contributed by atoms with E-state index in [9.17, 15) is 9.59 Å². The minimum absolute atomic E-state index is 0.0618. The molecule has 0 spiro atoms. The van der Waals surface area contributed by atoms with Crippen LogP contribution in [0.15, 0.2) is 35.0 Å². The standard InChI is InChI=1S/C12H10N2O5/c13-11(15)7-3-1-2-4-9(7)18-6-10-8(12(16)17)5-14-19-10/h1-5H,6H2,(H2,13,15)(H,16,17). The lowest BCUT2D eigenvalue weighted by Gasteiger charge is -2.07. The zero-order chi connectivity index (χ0) is 13.8. The van der Waals surface area contributed by atoms with E-state index < -0.39 is 11.9 Å². The van der Waals surface area contributed by atoms with Crippen molar-refractivity contribution < 1.29 is 24.0 Å². The van der Waals surface area contributed by atoms with E-state index in [4.69, 9.17) is 20.1 Å². The van der Waals surface area contributed by atoms with Crippen molar-refractivity contribution in [3.8, 4) is 5.75 Å². The fourth-order valence-electron chi connectivity index (χ4n) is 1.48. The third-order valence-electron chi connectivity index (χ3n) is 2.39. The Morgan fingerprint density at radius 3 is 2.74 bits per heavy atom. The zero-order valence-electron chi connectivity index (χ0n) is 9.70. The number of aromatic carboxylic acids is 1. The van der Waals surface area contributed by atoms with Crippen LogP contribution in [0, 0.1) is 0 Å². The first kappa shape index (κ1) is 12.6. The Balaban J connectivity index is 2.17. The molecule has 1 heterocycles. The summed E-state index contributed by atoms with van der Waals surface area (Å²) in [7, 11) is 0. The van der Waals surface area contributed by atoms with Crippen LogP contribution in [0.3, 0.4) is 0 Å². The van der Waals surface area contributed by atoms with Crippen LogP contribution in [0.4, 0.5) is 0 Å². The number of nitrogens with two attached hydrogens (primary N) is 1. The number of primary amides is 1. The summed E-state index contributed by atoms with van der Waals surface area (Å²) < 4.78 is 10.1. The number of rotatable bonds is 5. The molecule has 0 saturated carbocycles. The molecule has 2 rings (SSSR count). The third kappa shape index (κ3) is 2.71. The van der Waals surface area contributed by atoms with Gasteiger partial charge in [0.25, 0.3) is 5.91 Å². The first-order valence-corrected chi connectivity index (χ1v) is 5.28. The molecule has 0 atom stereocenters. The van der Waals surface area contributed by atoms with Gasteiger partial charge in [0.05, 0.1) is 11.8 Å². The summed E-state index contributed by atoms with van der Waals surface area (Å²) in [4.78, 5) is 22.0.